The third-order valence-corrected chi connectivity index (χ3v) is 3.53. The summed E-state index contributed by atoms with van der Waals surface area (Å²) in [6.45, 7) is 0. The van der Waals surface area contributed by atoms with E-state index < -0.39 is 11.7 Å². The molecule has 124 valence electrons. The number of nitrogens with one attached hydrogen (secondary N) is 1. The lowest BCUT2D eigenvalue weighted by Crippen LogP contribution is -2.15. The van der Waals surface area contributed by atoms with Gasteiger partial charge in [-0.3, -0.25) is 4.79 Å². The van der Waals surface area contributed by atoms with Crippen molar-refractivity contribution in [3.8, 4) is 0 Å². The monoisotopic (exact) mass is 353 g/mol. The first kappa shape index (κ1) is 16.3. The Balaban J connectivity index is 1.68. The average molecular weight is 354 g/mol. The van der Waals surface area contributed by atoms with Crippen LogP contribution in [0.2, 0.25) is 5.02 Å². The highest BCUT2D eigenvalue weighted by atomic mass is 35.5. The van der Waals surface area contributed by atoms with Gasteiger partial charge >= 0.3 is 6.18 Å². The number of imidazole rings is 1. The quantitative estimate of drug-likeness (QED) is 0.767. The van der Waals surface area contributed by atoms with Crippen LogP contribution in [0, 0.1) is 0 Å². The molecule has 0 aliphatic heterocycles. The Bertz CT molecular complexity index is 888. The molecule has 0 bridgehead atoms. The predicted octanol–water partition coefficient (Wildman–Crippen LogP) is 4.19. The first-order chi connectivity index (χ1) is 11.3. The first-order valence-electron chi connectivity index (χ1n) is 6.91. The van der Waals surface area contributed by atoms with Crippen molar-refractivity contribution in [3.63, 3.8) is 0 Å². The molecule has 8 heteroatoms. The van der Waals surface area contributed by atoms with Gasteiger partial charge in [0.15, 0.2) is 0 Å². The molecular weight excluding hydrogens is 343 g/mol. The Morgan fingerprint density at radius 2 is 1.83 bits per heavy atom. The maximum Gasteiger partial charge on any atom is 0.416 e. The summed E-state index contributed by atoms with van der Waals surface area (Å²) in [6.07, 6.45) is -1.06. The number of halogens is 4. The van der Waals surface area contributed by atoms with E-state index in [2.05, 4.69) is 10.3 Å². The highest BCUT2D eigenvalue weighted by Crippen LogP contribution is 2.29. The number of benzene rings is 1. The van der Waals surface area contributed by atoms with Gasteiger partial charge in [0.25, 0.3) is 0 Å². The van der Waals surface area contributed by atoms with Crippen LogP contribution in [-0.4, -0.2) is 15.3 Å². The largest absolute Gasteiger partial charge is 0.416 e. The Morgan fingerprint density at radius 3 is 2.50 bits per heavy atom. The van der Waals surface area contributed by atoms with Gasteiger partial charge in [0.2, 0.25) is 5.91 Å². The minimum Gasteiger partial charge on any atom is -0.326 e. The van der Waals surface area contributed by atoms with Crippen LogP contribution in [0.15, 0.2) is 48.8 Å². The number of hydrogen-bond acceptors (Lipinski definition) is 2. The van der Waals surface area contributed by atoms with Crippen LogP contribution in [0.3, 0.4) is 0 Å². The van der Waals surface area contributed by atoms with E-state index in [4.69, 9.17) is 11.6 Å². The lowest BCUT2D eigenvalue weighted by atomic mass is 10.2. The minimum atomic E-state index is -4.40. The van der Waals surface area contributed by atoms with Crippen LogP contribution in [-0.2, 0) is 17.4 Å². The van der Waals surface area contributed by atoms with Gasteiger partial charge in [-0.15, -0.1) is 0 Å². The molecule has 0 spiro atoms. The third-order valence-electron chi connectivity index (χ3n) is 3.30. The molecule has 24 heavy (non-hydrogen) atoms. The van der Waals surface area contributed by atoms with Crippen molar-refractivity contribution in [2.24, 2.45) is 0 Å². The molecule has 0 unspecified atom stereocenters. The zero-order valence-electron chi connectivity index (χ0n) is 12.1. The molecule has 1 N–H and O–H groups in total. The molecule has 0 radical (unpaired) electrons. The van der Waals surface area contributed by atoms with E-state index in [-0.39, 0.29) is 12.3 Å². The molecule has 1 aromatic carbocycles. The van der Waals surface area contributed by atoms with Crippen LogP contribution in [0.1, 0.15) is 11.3 Å². The minimum absolute atomic E-state index is 0.000319. The van der Waals surface area contributed by atoms with Crippen molar-refractivity contribution >= 4 is 28.8 Å². The Kier molecular flexibility index (Phi) is 4.19. The summed E-state index contributed by atoms with van der Waals surface area (Å²) in [5.74, 6) is -0.371. The van der Waals surface area contributed by atoms with Crippen molar-refractivity contribution in [3.05, 3.63) is 65.1 Å². The van der Waals surface area contributed by atoms with Gasteiger partial charge in [0.05, 0.1) is 22.7 Å². The summed E-state index contributed by atoms with van der Waals surface area (Å²) in [4.78, 5) is 16.3. The second-order valence-corrected chi connectivity index (χ2v) is 5.58. The predicted molar refractivity (Wildman–Crippen MR) is 84.0 cm³/mol. The average Bonchev–Trinajstić information content (AvgIpc) is 2.87. The van der Waals surface area contributed by atoms with Crippen molar-refractivity contribution < 1.29 is 18.0 Å². The third kappa shape index (κ3) is 3.68. The zero-order valence-corrected chi connectivity index (χ0v) is 12.9. The fourth-order valence-electron chi connectivity index (χ4n) is 2.21. The van der Waals surface area contributed by atoms with Gasteiger partial charge in [0, 0.05) is 18.1 Å². The number of nitrogens with zero attached hydrogens (tertiary/aromatic N) is 2. The molecule has 2 heterocycles. The molecule has 0 aliphatic rings. The summed E-state index contributed by atoms with van der Waals surface area (Å²) >= 11 is 5.88. The van der Waals surface area contributed by atoms with Gasteiger partial charge in [-0.2, -0.15) is 13.2 Å². The standard InChI is InChI=1S/C16H11ClF3N3O/c17-11-3-6-14-21-13(9-23(14)8-11)7-15(24)22-12-4-1-10(2-5-12)16(18,19)20/h1-6,8-9H,7H2,(H,22,24). The number of fused-ring (bicyclic) bond motifs is 1. The molecule has 0 aliphatic carbocycles. The Hall–Kier alpha value is -2.54. The van der Waals surface area contributed by atoms with Crippen molar-refractivity contribution in [2.45, 2.75) is 12.6 Å². The lowest BCUT2D eigenvalue weighted by Gasteiger charge is -2.08. The molecule has 3 aromatic rings. The Morgan fingerprint density at radius 1 is 1.12 bits per heavy atom. The van der Waals surface area contributed by atoms with Crippen molar-refractivity contribution in [1.29, 1.82) is 0 Å². The van der Waals surface area contributed by atoms with Crippen LogP contribution in [0.4, 0.5) is 18.9 Å². The van der Waals surface area contributed by atoms with Crippen molar-refractivity contribution in [1.82, 2.24) is 9.38 Å². The number of alkyl halides is 3. The van der Waals surface area contributed by atoms with E-state index in [0.29, 0.717) is 22.1 Å². The van der Waals surface area contributed by atoms with E-state index in [0.717, 1.165) is 12.1 Å². The van der Waals surface area contributed by atoms with Gasteiger partial charge in [-0.05, 0) is 36.4 Å². The molecule has 0 saturated carbocycles. The number of carbonyl (C=O) groups excluding carboxylic acids is 1. The summed E-state index contributed by atoms with van der Waals surface area (Å²) in [6, 6.07) is 7.68. The Labute approximate surface area is 139 Å². The highest BCUT2D eigenvalue weighted by Gasteiger charge is 2.29. The normalized spacial score (nSPS) is 11.7. The summed E-state index contributed by atoms with van der Waals surface area (Å²) in [5.41, 5.74) is 0.705. The first-order valence-corrected chi connectivity index (χ1v) is 7.29. The van der Waals surface area contributed by atoms with Crippen LogP contribution in [0.25, 0.3) is 5.65 Å². The second kappa shape index (κ2) is 6.16. The number of pyridine rings is 1. The van der Waals surface area contributed by atoms with Crippen LogP contribution >= 0.6 is 11.6 Å². The van der Waals surface area contributed by atoms with Gasteiger partial charge in [-0.25, -0.2) is 4.98 Å². The second-order valence-electron chi connectivity index (χ2n) is 5.15. The molecule has 0 atom stereocenters. The lowest BCUT2D eigenvalue weighted by molar-refractivity contribution is -0.137. The van der Waals surface area contributed by atoms with E-state index in [9.17, 15) is 18.0 Å². The number of carbonyl (C=O) groups is 1. The fourth-order valence-corrected chi connectivity index (χ4v) is 2.38. The smallest absolute Gasteiger partial charge is 0.326 e. The fraction of sp³-hybridized carbons (Fsp3) is 0.125. The molecule has 2 aromatic heterocycles. The van der Waals surface area contributed by atoms with Gasteiger partial charge in [0.1, 0.15) is 5.65 Å². The summed E-state index contributed by atoms with van der Waals surface area (Å²) in [7, 11) is 0. The molecule has 1 amide bonds. The van der Waals surface area contributed by atoms with E-state index in [1.165, 1.54) is 12.1 Å². The van der Waals surface area contributed by atoms with Gasteiger partial charge in [-0.1, -0.05) is 11.6 Å². The number of amides is 1. The number of anilines is 1. The maximum absolute atomic E-state index is 12.5. The number of hydrogen-bond donors (Lipinski definition) is 1. The highest BCUT2D eigenvalue weighted by molar-refractivity contribution is 6.30. The van der Waals surface area contributed by atoms with E-state index in [1.807, 2.05) is 0 Å². The number of rotatable bonds is 3. The summed E-state index contributed by atoms with van der Waals surface area (Å²) in [5, 5.41) is 3.09. The SMILES string of the molecule is O=C(Cc1cn2cc(Cl)ccc2n1)Nc1ccc(C(F)(F)F)cc1. The van der Waals surface area contributed by atoms with Crippen molar-refractivity contribution in [2.75, 3.05) is 5.32 Å². The van der Waals surface area contributed by atoms with Crippen LogP contribution < -0.4 is 5.32 Å². The molecule has 0 fully saturated rings. The summed E-state index contributed by atoms with van der Waals surface area (Å²) < 4.78 is 39.2. The maximum atomic E-state index is 12.5. The number of aromatic nitrogens is 2. The van der Waals surface area contributed by atoms with E-state index in [1.54, 1.807) is 28.9 Å². The molecular formula is C16H11ClF3N3O. The molecule has 0 saturated heterocycles. The topological polar surface area (TPSA) is 46.4 Å². The van der Waals surface area contributed by atoms with E-state index >= 15 is 0 Å². The van der Waals surface area contributed by atoms with Crippen LogP contribution in [0.5, 0.6) is 0 Å². The van der Waals surface area contributed by atoms with Gasteiger partial charge < -0.3 is 9.72 Å². The zero-order chi connectivity index (χ0) is 17.3. The molecule has 4 nitrogen and oxygen atoms in total. The molecule has 3 rings (SSSR count).